The fraction of sp³-hybridized carbons (Fsp3) is 0.300. The summed E-state index contributed by atoms with van der Waals surface area (Å²) in [6.45, 7) is 3.16. The molecule has 1 heterocycles. The Kier molecular flexibility index (Phi) is 6.27. The molecule has 14 heavy (non-hydrogen) atoms. The van der Waals surface area contributed by atoms with Crippen molar-refractivity contribution in [3.8, 4) is 0 Å². The molecule has 0 aliphatic rings. The third-order valence-corrected chi connectivity index (χ3v) is 1.91. The van der Waals surface area contributed by atoms with Crippen molar-refractivity contribution in [2.75, 3.05) is 0 Å². The van der Waals surface area contributed by atoms with Crippen molar-refractivity contribution in [1.29, 1.82) is 0 Å². The molecule has 4 heteroatoms. The molecule has 0 atom stereocenters. The van der Waals surface area contributed by atoms with Crippen molar-refractivity contribution < 1.29 is 20.4 Å². The number of nitrogens with zero attached hydrogens (tertiary/aromatic N) is 2. The van der Waals surface area contributed by atoms with E-state index in [0.29, 0.717) is 0 Å². The molecule has 2 rings (SSSR count). The van der Waals surface area contributed by atoms with Crippen molar-refractivity contribution in [1.82, 2.24) is 9.55 Å². The molecule has 0 aliphatic carbocycles. The van der Waals surface area contributed by atoms with Crippen molar-refractivity contribution in [3.63, 3.8) is 0 Å². The quantitative estimate of drug-likeness (QED) is 0.604. The minimum atomic E-state index is 0. The number of aromatic nitrogens is 2. The Labute approximate surface area is 108 Å². The van der Waals surface area contributed by atoms with E-state index in [9.17, 15) is 0 Å². The van der Waals surface area contributed by atoms with Crippen LogP contribution in [-0.2, 0) is 27.0 Å². The normalized spacial score (nSPS) is 9.21. The molecule has 1 aromatic heterocycles. The molecular weight excluding hydrogens is 334 g/mol. The molecule has 2 nitrogen and oxygen atoms in total. The Bertz CT molecular complexity index is 386. The first-order valence-corrected chi connectivity index (χ1v) is 4.25. The summed E-state index contributed by atoms with van der Waals surface area (Å²) in [4.78, 5) is 4.18. The molecule has 0 fully saturated rings. The minimum absolute atomic E-state index is 0. The summed E-state index contributed by atoms with van der Waals surface area (Å²) in [6.07, 6.45) is 4.10. The van der Waals surface area contributed by atoms with E-state index in [1.54, 1.807) is 0 Å². The first-order chi connectivity index (χ1) is 5.92. The zero-order valence-corrected chi connectivity index (χ0v) is 11.1. The molecule has 0 saturated heterocycles. The molecule has 0 radical (unpaired) electrons. The number of halogens is 1. The molecule has 0 aliphatic heterocycles. The van der Waals surface area contributed by atoms with E-state index in [4.69, 9.17) is 0 Å². The van der Waals surface area contributed by atoms with Gasteiger partial charge in [-0.2, -0.15) is 0 Å². The summed E-state index contributed by atoms with van der Waals surface area (Å²) < 4.78 is 2.06. The Balaban J connectivity index is 0.000000845. The van der Waals surface area contributed by atoms with Crippen LogP contribution in [0.5, 0.6) is 0 Å². The van der Waals surface area contributed by atoms with E-state index in [-0.39, 0.29) is 37.4 Å². The number of hydrogen-bond donors (Lipinski definition) is 0. The van der Waals surface area contributed by atoms with Crippen LogP contribution >= 0.6 is 17.0 Å². The average molecular weight is 347 g/mol. The topological polar surface area (TPSA) is 17.8 Å². The zero-order valence-electron chi connectivity index (χ0n) is 7.84. The van der Waals surface area contributed by atoms with Gasteiger partial charge in [-0.05, 0) is 13.0 Å². The second-order valence-electron chi connectivity index (χ2n) is 2.85. The van der Waals surface area contributed by atoms with Crippen molar-refractivity contribution in [2.45, 2.75) is 19.9 Å². The number of fused-ring (bicyclic) bond motifs is 1. The zero-order chi connectivity index (χ0) is 8.39. The maximum Gasteiger partial charge on any atom is 0.00146 e. The van der Waals surface area contributed by atoms with Gasteiger partial charge in [-0.3, -0.25) is 0 Å². The van der Waals surface area contributed by atoms with Gasteiger partial charge in [0.15, 0.2) is 0 Å². The van der Waals surface area contributed by atoms with Crippen LogP contribution in [0.25, 0.3) is 11.0 Å². The fourth-order valence-electron chi connectivity index (χ4n) is 1.35. The Morgan fingerprint density at radius 2 is 2.07 bits per heavy atom. The number of rotatable bonds is 2. The standard InChI is InChI=1S/C10H11N2.BrH.Pd/c1-2-7-12-8-11-9-5-3-4-6-10(9)12;;/h3-6H,2,7H2,1H3;1H;/q-1;;. The van der Waals surface area contributed by atoms with Crippen LogP contribution in [0.2, 0.25) is 0 Å². The van der Waals surface area contributed by atoms with E-state index in [1.165, 1.54) is 5.52 Å². The predicted octanol–water partition coefficient (Wildman–Crippen LogP) is 2.82. The Hall–Kier alpha value is -0.168. The van der Waals surface area contributed by atoms with E-state index in [1.807, 2.05) is 18.2 Å². The van der Waals surface area contributed by atoms with E-state index < -0.39 is 0 Å². The summed E-state index contributed by atoms with van der Waals surface area (Å²) >= 11 is 0. The van der Waals surface area contributed by atoms with Crippen LogP contribution in [0.3, 0.4) is 0 Å². The van der Waals surface area contributed by atoms with Crippen molar-refractivity contribution >= 4 is 28.0 Å². The molecule has 1 aromatic carbocycles. The third kappa shape index (κ3) is 2.66. The summed E-state index contributed by atoms with van der Waals surface area (Å²) in [7, 11) is 0. The van der Waals surface area contributed by atoms with Gasteiger partial charge >= 0.3 is 0 Å². The molecule has 0 saturated carbocycles. The first-order valence-electron chi connectivity index (χ1n) is 4.25. The largest absolute Gasteiger partial charge is 0.447 e. The molecule has 0 bridgehead atoms. The number of hydrogen-bond acceptors (Lipinski definition) is 1. The number of aryl methyl sites for hydroxylation is 1. The van der Waals surface area contributed by atoms with Gasteiger partial charge < -0.3 is 9.55 Å². The third-order valence-electron chi connectivity index (χ3n) is 1.91. The molecule has 0 N–H and O–H groups in total. The summed E-state index contributed by atoms with van der Waals surface area (Å²) in [5.74, 6) is 0. The maximum absolute atomic E-state index is 4.18. The smallest absolute Gasteiger partial charge is 0.00146 e. The van der Waals surface area contributed by atoms with E-state index >= 15 is 0 Å². The molecule has 2 aromatic rings. The van der Waals surface area contributed by atoms with Gasteiger partial charge in [0.05, 0.1) is 0 Å². The van der Waals surface area contributed by atoms with Crippen LogP contribution in [0.1, 0.15) is 13.3 Å². The fourth-order valence-corrected chi connectivity index (χ4v) is 1.35. The van der Waals surface area contributed by atoms with E-state index in [0.717, 1.165) is 18.5 Å². The van der Waals surface area contributed by atoms with Crippen LogP contribution in [0.4, 0.5) is 0 Å². The maximum atomic E-state index is 4.18. The van der Waals surface area contributed by atoms with Crippen LogP contribution < -0.4 is 0 Å². The summed E-state index contributed by atoms with van der Waals surface area (Å²) in [5, 5.41) is 0. The number of para-hydroxylation sites is 2. The summed E-state index contributed by atoms with van der Waals surface area (Å²) in [5.41, 5.74) is 2.21. The predicted molar refractivity (Wildman–Crippen MR) is 59.2 cm³/mol. The molecule has 0 spiro atoms. The minimum Gasteiger partial charge on any atom is -0.447 e. The van der Waals surface area contributed by atoms with E-state index in [2.05, 4.69) is 28.9 Å². The molecule has 0 unspecified atom stereocenters. The first kappa shape index (κ1) is 13.8. The van der Waals surface area contributed by atoms with Gasteiger partial charge in [0.25, 0.3) is 0 Å². The van der Waals surface area contributed by atoms with Gasteiger partial charge in [0.2, 0.25) is 0 Å². The monoisotopic (exact) mass is 345 g/mol. The van der Waals surface area contributed by atoms with Gasteiger partial charge in [0, 0.05) is 26.8 Å². The van der Waals surface area contributed by atoms with Gasteiger partial charge in [-0.1, -0.05) is 30.1 Å². The second kappa shape index (κ2) is 6.34. The van der Waals surface area contributed by atoms with Gasteiger partial charge in [-0.15, -0.1) is 29.1 Å². The SMILES string of the molecule is Br.CCCn1[c-]nc2ccccc21.[Pd]. The van der Waals surface area contributed by atoms with Crippen LogP contribution in [0.15, 0.2) is 24.3 Å². The summed E-state index contributed by atoms with van der Waals surface area (Å²) in [6, 6.07) is 8.12. The number of benzene rings is 1. The van der Waals surface area contributed by atoms with Gasteiger partial charge in [0.1, 0.15) is 0 Å². The van der Waals surface area contributed by atoms with Crippen molar-refractivity contribution in [3.05, 3.63) is 30.6 Å². The van der Waals surface area contributed by atoms with Crippen LogP contribution in [0, 0.1) is 6.33 Å². The Morgan fingerprint density at radius 1 is 1.36 bits per heavy atom. The molecular formula is C10H12BrN2Pd-. The van der Waals surface area contributed by atoms with Crippen LogP contribution in [-0.4, -0.2) is 9.55 Å². The average Bonchev–Trinajstić information content (AvgIpc) is 2.50. The molecule has 80 valence electrons. The second-order valence-corrected chi connectivity index (χ2v) is 2.85. The number of imidazole rings is 1. The van der Waals surface area contributed by atoms with Gasteiger partial charge in [-0.25, -0.2) is 0 Å². The molecule has 0 amide bonds. The van der Waals surface area contributed by atoms with Crippen molar-refractivity contribution in [2.24, 2.45) is 0 Å². The Morgan fingerprint density at radius 3 is 2.79 bits per heavy atom.